The highest BCUT2D eigenvalue weighted by Crippen LogP contribution is 2.41. The maximum absolute atomic E-state index is 15.3. The summed E-state index contributed by atoms with van der Waals surface area (Å²) in [5, 5.41) is 2.09. The summed E-state index contributed by atoms with van der Waals surface area (Å²) in [7, 11) is 0. The van der Waals surface area contributed by atoms with Gasteiger partial charge in [0.25, 0.3) is 0 Å². The lowest BCUT2D eigenvalue weighted by molar-refractivity contribution is -0.746. The minimum atomic E-state index is -0.316. The van der Waals surface area contributed by atoms with Crippen LogP contribution >= 0.6 is 0 Å². The van der Waals surface area contributed by atoms with Crippen LogP contribution in [0.15, 0.2) is 82.8 Å². The third-order valence-corrected chi connectivity index (χ3v) is 5.37. The smallest absolute Gasteiger partial charge is 0.225 e. The first-order valence-corrected chi connectivity index (χ1v) is 9.43. The standard InChI is InChI=1S/C22H20FN4O/c23-21-13-20(28-19-7-2-1-3-8-19)9-10-22(21)26(17-5-4-6-17)27-12-11-24-14-18(27)15-25-16-27/h1-3,7-17H,4-6H2/q+1. The molecule has 1 aliphatic carbocycles. The van der Waals surface area contributed by atoms with Gasteiger partial charge in [-0.2, -0.15) is 0 Å². The van der Waals surface area contributed by atoms with Gasteiger partial charge in [-0.1, -0.05) is 18.2 Å². The third kappa shape index (κ3) is 2.73. The first-order valence-electron chi connectivity index (χ1n) is 9.43. The molecule has 0 N–H and O–H groups in total. The minimum absolute atomic E-state index is 0.236. The number of allylic oxidation sites excluding steroid dienone is 1. The molecule has 0 spiro atoms. The van der Waals surface area contributed by atoms with Crippen LogP contribution in [0.3, 0.4) is 0 Å². The Bertz CT molecular complexity index is 1010. The molecule has 28 heavy (non-hydrogen) atoms. The zero-order valence-electron chi connectivity index (χ0n) is 15.3. The fourth-order valence-electron chi connectivity index (χ4n) is 3.77. The van der Waals surface area contributed by atoms with E-state index in [0.717, 1.165) is 25.0 Å². The number of fused-ring (bicyclic) bond motifs is 1. The zero-order valence-corrected chi connectivity index (χ0v) is 15.3. The van der Waals surface area contributed by atoms with Gasteiger partial charge in [-0.25, -0.2) is 14.4 Å². The fourth-order valence-corrected chi connectivity index (χ4v) is 3.77. The number of hydrogen-bond acceptors (Lipinski definition) is 4. The quantitative estimate of drug-likeness (QED) is 0.678. The van der Waals surface area contributed by atoms with Crippen molar-refractivity contribution in [3.63, 3.8) is 0 Å². The average molecular weight is 375 g/mol. The van der Waals surface area contributed by atoms with Crippen molar-refractivity contribution in [2.75, 3.05) is 5.01 Å². The number of aliphatic imine (C=N–C) groups is 2. The average Bonchev–Trinajstić information content (AvgIpc) is 3.11. The van der Waals surface area contributed by atoms with Crippen molar-refractivity contribution < 1.29 is 13.7 Å². The van der Waals surface area contributed by atoms with Crippen LogP contribution in [0, 0.1) is 5.82 Å². The van der Waals surface area contributed by atoms with Gasteiger partial charge in [-0.05, 0) is 43.5 Å². The predicted octanol–water partition coefficient (Wildman–Crippen LogP) is 5.15. The molecular weight excluding hydrogens is 355 g/mol. The molecule has 1 saturated carbocycles. The molecule has 6 heteroatoms. The van der Waals surface area contributed by atoms with Crippen LogP contribution in [0.2, 0.25) is 0 Å². The molecule has 5 nitrogen and oxygen atoms in total. The highest BCUT2D eigenvalue weighted by Gasteiger charge is 2.47. The molecule has 1 atom stereocenters. The molecule has 0 amide bonds. The summed E-state index contributed by atoms with van der Waals surface area (Å²) in [6.07, 6.45) is 12.3. The molecule has 0 saturated heterocycles. The number of halogens is 1. The predicted molar refractivity (Wildman–Crippen MR) is 108 cm³/mol. The Kier molecular flexibility index (Phi) is 4.06. The Morgan fingerprint density at radius 1 is 1.04 bits per heavy atom. The molecular formula is C22H20FN4O+. The van der Waals surface area contributed by atoms with Gasteiger partial charge in [-0.3, -0.25) is 4.99 Å². The van der Waals surface area contributed by atoms with E-state index in [2.05, 4.69) is 15.0 Å². The van der Waals surface area contributed by atoms with E-state index >= 15 is 4.39 Å². The van der Waals surface area contributed by atoms with Crippen LogP contribution < -0.4 is 9.75 Å². The van der Waals surface area contributed by atoms with Crippen molar-refractivity contribution in [2.24, 2.45) is 9.98 Å². The highest BCUT2D eigenvalue weighted by atomic mass is 19.1. The van der Waals surface area contributed by atoms with E-state index in [1.165, 1.54) is 6.07 Å². The Morgan fingerprint density at radius 3 is 2.64 bits per heavy atom. The first-order chi connectivity index (χ1) is 13.8. The second-order valence-electron chi connectivity index (χ2n) is 7.09. The van der Waals surface area contributed by atoms with Gasteiger partial charge >= 0.3 is 0 Å². The summed E-state index contributed by atoms with van der Waals surface area (Å²) in [4.78, 5) is 8.56. The monoisotopic (exact) mass is 375 g/mol. The normalized spacial score (nSPS) is 22.5. The molecule has 1 fully saturated rings. The molecule has 2 heterocycles. The van der Waals surface area contributed by atoms with Crippen LogP contribution in [0.1, 0.15) is 19.3 Å². The third-order valence-electron chi connectivity index (χ3n) is 5.37. The number of quaternary nitrogens is 1. The summed E-state index contributed by atoms with van der Waals surface area (Å²) in [5.41, 5.74) is 1.43. The highest BCUT2D eigenvalue weighted by molar-refractivity contribution is 5.82. The molecule has 2 aromatic carbocycles. The maximum atomic E-state index is 15.3. The van der Waals surface area contributed by atoms with Gasteiger partial charge in [0.15, 0.2) is 12.0 Å². The lowest BCUT2D eigenvalue weighted by Crippen LogP contribution is -2.61. The van der Waals surface area contributed by atoms with E-state index in [0.29, 0.717) is 17.2 Å². The van der Waals surface area contributed by atoms with Crippen LogP contribution in [0.4, 0.5) is 10.1 Å². The molecule has 140 valence electrons. The SMILES string of the molecule is Fc1cc(Oc2ccccc2)ccc1N(C1CCC1)[N+]12C=CN=CC1=CN=C2. The van der Waals surface area contributed by atoms with E-state index in [1.807, 2.05) is 48.9 Å². The summed E-state index contributed by atoms with van der Waals surface area (Å²) < 4.78 is 21.3. The van der Waals surface area contributed by atoms with Gasteiger partial charge in [0.1, 0.15) is 17.2 Å². The van der Waals surface area contributed by atoms with Crippen molar-refractivity contribution in [3.05, 3.63) is 78.6 Å². The van der Waals surface area contributed by atoms with Crippen LogP contribution in [0.5, 0.6) is 11.5 Å². The lowest BCUT2D eigenvalue weighted by Gasteiger charge is -2.46. The fraction of sp³-hybridized carbons (Fsp3) is 0.182. The molecule has 2 aromatic rings. The number of ether oxygens (including phenoxy) is 1. The molecule has 0 radical (unpaired) electrons. The first kappa shape index (κ1) is 16.9. The van der Waals surface area contributed by atoms with E-state index < -0.39 is 0 Å². The molecule has 0 aromatic heterocycles. The number of para-hydroxylation sites is 1. The number of anilines is 1. The van der Waals surface area contributed by atoms with Crippen molar-refractivity contribution in [1.29, 1.82) is 0 Å². The van der Waals surface area contributed by atoms with Crippen molar-refractivity contribution >= 4 is 18.2 Å². The van der Waals surface area contributed by atoms with Gasteiger partial charge in [-0.15, -0.1) is 4.59 Å². The maximum Gasteiger partial charge on any atom is 0.225 e. The Labute approximate surface area is 163 Å². The van der Waals surface area contributed by atoms with Gasteiger partial charge < -0.3 is 4.74 Å². The van der Waals surface area contributed by atoms with E-state index in [-0.39, 0.29) is 16.5 Å². The number of nitrogens with zero attached hydrogens (tertiary/aromatic N) is 4. The van der Waals surface area contributed by atoms with Gasteiger partial charge in [0.05, 0.1) is 24.7 Å². The van der Waals surface area contributed by atoms with Gasteiger partial charge in [0.2, 0.25) is 12.0 Å². The lowest BCUT2D eigenvalue weighted by atomic mass is 9.91. The Morgan fingerprint density at radius 2 is 1.89 bits per heavy atom. The molecule has 5 rings (SSSR count). The topological polar surface area (TPSA) is 37.2 Å². The Balaban J connectivity index is 1.52. The van der Waals surface area contributed by atoms with Gasteiger partial charge in [0, 0.05) is 6.07 Å². The van der Waals surface area contributed by atoms with E-state index in [1.54, 1.807) is 24.7 Å². The second-order valence-corrected chi connectivity index (χ2v) is 7.09. The van der Waals surface area contributed by atoms with Crippen molar-refractivity contribution in [1.82, 2.24) is 0 Å². The summed E-state index contributed by atoms with van der Waals surface area (Å²) in [6, 6.07) is 14.7. The Hall–Kier alpha value is -3.25. The largest absolute Gasteiger partial charge is 0.457 e. The summed E-state index contributed by atoms with van der Waals surface area (Å²) in [6.45, 7) is 0. The van der Waals surface area contributed by atoms with Crippen molar-refractivity contribution in [3.8, 4) is 11.5 Å². The summed E-state index contributed by atoms with van der Waals surface area (Å²) >= 11 is 0. The van der Waals surface area contributed by atoms with Crippen LogP contribution in [-0.2, 0) is 0 Å². The summed E-state index contributed by atoms with van der Waals surface area (Å²) in [5.74, 6) is 0.838. The number of rotatable bonds is 5. The molecule has 1 unspecified atom stereocenters. The van der Waals surface area contributed by atoms with Crippen LogP contribution in [0.25, 0.3) is 0 Å². The van der Waals surface area contributed by atoms with Crippen molar-refractivity contribution in [2.45, 2.75) is 25.3 Å². The number of hydrogen-bond donors (Lipinski definition) is 0. The second kappa shape index (κ2) is 6.73. The molecule has 2 aliphatic heterocycles. The molecule has 0 bridgehead atoms. The minimum Gasteiger partial charge on any atom is -0.457 e. The molecule has 3 aliphatic rings. The van der Waals surface area contributed by atoms with E-state index in [9.17, 15) is 0 Å². The van der Waals surface area contributed by atoms with E-state index in [4.69, 9.17) is 4.74 Å². The van der Waals surface area contributed by atoms with Crippen LogP contribution in [-0.4, -0.2) is 23.2 Å². The zero-order chi connectivity index (χ0) is 19.0. The number of benzene rings is 2.